The van der Waals surface area contributed by atoms with Gasteiger partial charge in [0.2, 0.25) is 5.91 Å². The fourth-order valence-electron chi connectivity index (χ4n) is 8.43. The van der Waals surface area contributed by atoms with E-state index in [4.69, 9.17) is 4.74 Å². The van der Waals surface area contributed by atoms with Crippen LogP contribution in [0.3, 0.4) is 0 Å². The molecule has 0 aliphatic rings. The Bertz CT molecular complexity index is 837. The molecule has 0 aromatic carbocycles. The van der Waals surface area contributed by atoms with Crippen molar-refractivity contribution in [3.63, 3.8) is 0 Å². The minimum atomic E-state index is -0.777. The lowest BCUT2D eigenvalue weighted by molar-refractivity contribution is -0.151. The van der Waals surface area contributed by atoms with Gasteiger partial charge in [0, 0.05) is 6.42 Å². The minimum absolute atomic E-state index is 0.0874. The summed E-state index contributed by atoms with van der Waals surface area (Å²) in [4.78, 5) is 26.1. The van der Waals surface area contributed by atoms with Crippen molar-refractivity contribution in [2.75, 3.05) is 6.61 Å². The number of ether oxygens (including phenoxy) is 1. The molecule has 0 radical (unpaired) electrons. The number of unbranched alkanes of at least 4 members (excludes halogenated alkanes) is 36. The van der Waals surface area contributed by atoms with Gasteiger partial charge in [-0.2, -0.15) is 0 Å². The molecule has 0 saturated heterocycles. The third-order valence-corrected chi connectivity index (χ3v) is 12.4. The Morgan fingerprint density at radius 2 is 0.724 bits per heavy atom. The summed E-state index contributed by atoms with van der Waals surface area (Å²) in [7, 11) is 0. The highest BCUT2D eigenvalue weighted by Crippen LogP contribution is 2.19. The number of aliphatic hydroxyl groups excluding tert-OH is 2. The van der Waals surface area contributed by atoms with E-state index in [1.807, 2.05) is 0 Å². The van der Waals surface area contributed by atoms with E-state index in [0.29, 0.717) is 19.3 Å². The molecule has 3 atom stereocenters. The highest BCUT2D eigenvalue weighted by atomic mass is 16.5. The van der Waals surface area contributed by atoms with Gasteiger partial charge < -0.3 is 20.3 Å². The molecule has 0 bridgehead atoms. The second kappa shape index (κ2) is 46.9. The normalized spacial score (nSPS) is 13.1. The van der Waals surface area contributed by atoms with Gasteiger partial charge in [-0.3, -0.25) is 9.59 Å². The minimum Gasteiger partial charge on any atom is -0.462 e. The van der Waals surface area contributed by atoms with Gasteiger partial charge in [0.1, 0.15) is 6.10 Å². The predicted octanol–water partition coefficient (Wildman–Crippen LogP) is 15.6. The summed E-state index contributed by atoms with van der Waals surface area (Å²) in [6.07, 6.45) is 50.3. The molecule has 0 aromatic heterocycles. The average molecular weight is 822 g/mol. The van der Waals surface area contributed by atoms with Crippen molar-refractivity contribution < 1.29 is 24.5 Å². The lowest BCUT2D eigenvalue weighted by atomic mass is 10.0. The molecule has 0 aliphatic heterocycles. The summed E-state index contributed by atoms with van der Waals surface area (Å²) in [5, 5.41) is 23.7. The number of hydrogen-bond acceptors (Lipinski definition) is 5. The standard InChI is InChI=1S/C52H103NO5/c1-4-7-10-13-16-19-21-23-24-25-26-27-28-30-33-36-39-42-45-52(57)58-48(43-40-37-34-32-29-22-20-17-14-11-8-5-2)46-51(56)53-49(47-54)50(55)44-41-38-35-31-18-15-12-9-6-3/h48-50,54-55H,4-47H2,1-3H3,(H,53,56). The Labute approximate surface area is 362 Å². The van der Waals surface area contributed by atoms with Gasteiger partial charge in [-0.05, 0) is 25.7 Å². The zero-order valence-electron chi connectivity index (χ0n) is 39.5. The van der Waals surface area contributed by atoms with Crippen LogP contribution in [-0.4, -0.2) is 46.9 Å². The number of esters is 1. The van der Waals surface area contributed by atoms with Crippen LogP contribution >= 0.6 is 0 Å². The second-order valence-electron chi connectivity index (χ2n) is 18.3. The molecule has 58 heavy (non-hydrogen) atoms. The van der Waals surface area contributed by atoms with Gasteiger partial charge in [-0.15, -0.1) is 0 Å². The molecule has 6 nitrogen and oxygen atoms in total. The van der Waals surface area contributed by atoms with Gasteiger partial charge >= 0.3 is 5.97 Å². The number of nitrogens with one attached hydrogen (secondary N) is 1. The first-order chi connectivity index (χ1) is 28.5. The lowest BCUT2D eigenvalue weighted by Gasteiger charge is -2.24. The summed E-state index contributed by atoms with van der Waals surface area (Å²) < 4.78 is 5.94. The Morgan fingerprint density at radius 1 is 0.431 bits per heavy atom. The Kier molecular flexibility index (Phi) is 46.0. The maximum absolute atomic E-state index is 13.2. The zero-order chi connectivity index (χ0) is 42.4. The number of carbonyl (C=O) groups excluding carboxylic acids is 2. The second-order valence-corrected chi connectivity index (χ2v) is 18.3. The van der Waals surface area contributed by atoms with Gasteiger partial charge in [0.15, 0.2) is 0 Å². The molecular formula is C52H103NO5. The maximum Gasteiger partial charge on any atom is 0.306 e. The molecule has 0 aliphatic carbocycles. The third kappa shape index (κ3) is 41.6. The monoisotopic (exact) mass is 822 g/mol. The Hall–Kier alpha value is -1.14. The molecule has 0 spiro atoms. The van der Waals surface area contributed by atoms with Crippen LogP contribution in [-0.2, 0) is 14.3 Å². The summed E-state index contributed by atoms with van der Waals surface area (Å²) in [6, 6.07) is -0.691. The van der Waals surface area contributed by atoms with E-state index in [-0.39, 0.29) is 24.9 Å². The van der Waals surface area contributed by atoms with Crippen molar-refractivity contribution in [3.8, 4) is 0 Å². The first kappa shape index (κ1) is 56.9. The van der Waals surface area contributed by atoms with Crippen LogP contribution in [0.1, 0.15) is 297 Å². The van der Waals surface area contributed by atoms with E-state index >= 15 is 0 Å². The summed E-state index contributed by atoms with van der Waals surface area (Å²) in [5.41, 5.74) is 0. The molecule has 0 heterocycles. The van der Waals surface area contributed by atoms with Crippen LogP contribution in [0, 0.1) is 0 Å². The quantitative estimate of drug-likeness (QED) is 0.0420. The Balaban J connectivity index is 4.43. The number of rotatable bonds is 48. The average Bonchev–Trinajstić information content (AvgIpc) is 3.22. The third-order valence-electron chi connectivity index (χ3n) is 12.4. The summed E-state index contributed by atoms with van der Waals surface area (Å²) in [6.45, 7) is 6.49. The van der Waals surface area contributed by atoms with Crippen LogP contribution in [0.15, 0.2) is 0 Å². The van der Waals surface area contributed by atoms with Gasteiger partial charge in [-0.1, -0.05) is 258 Å². The molecule has 0 rings (SSSR count). The van der Waals surface area contributed by atoms with Gasteiger partial charge in [0.05, 0.1) is 25.2 Å². The van der Waals surface area contributed by atoms with E-state index in [9.17, 15) is 19.8 Å². The van der Waals surface area contributed by atoms with Crippen LogP contribution < -0.4 is 5.32 Å². The number of amides is 1. The van der Waals surface area contributed by atoms with Crippen molar-refractivity contribution in [2.24, 2.45) is 0 Å². The van der Waals surface area contributed by atoms with E-state index in [2.05, 4.69) is 26.1 Å². The van der Waals surface area contributed by atoms with Crippen LogP contribution in [0.25, 0.3) is 0 Å². The summed E-state index contributed by atoms with van der Waals surface area (Å²) in [5.74, 6) is -0.451. The fraction of sp³-hybridized carbons (Fsp3) is 0.962. The molecular weight excluding hydrogens is 719 g/mol. The molecule has 0 fully saturated rings. The van der Waals surface area contributed by atoms with Crippen LogP contribution in [0.4, 0.5) is 0 Å². The molecule has 346 valence electrons. The summed E-state index contributed by atoms with van der Waals surface area (Å²) >= 11 is 0. The topological polar surface area (TPSA) is 95.9 Å². The highest BCUT2D eigenvalue weighted by Gasteiger charge is 2.24. The largest absolute Gasteiger partial charge is 0.462 e. The van der Waals surface area contributed by atoms with E-state index in [1.54, 1.807) is 0 Å². The highest BCUT2D eigenvalue weighted by molar-refractivity contribution is 5.77. The molecule has 3 N–H and O–H groups in total. The first-order valence-corrected chi connectivity index (χ1v) is 26.3. The van der Waals surface area contributed by atoms with Crippen LogP contribution in [0.2, 0.25) is 0 Å². The lowest BCUT2D eigenvalue weighted by Crippen LogP contribution is -2.46. The Morgan fingerprint density at radius 3 is 1.05 bits per heavy atom. The fourth-order valence-corrected chi connectivity index (χ4v) is 8.43. The molecule has 0 aromatic rings. The van der Waals surface area contributed by atoms with Crippen molar-refractivity contribution >= 4 is 11.9 Å². The molecule has 0 saturated carbocycles. The number of hydrogen-bond donors (Lipinski definition) is 3. The predicted molar refractivity (Wildman–Crippen MR) is 250 cm³/mol. The van der Waals surface area contributed by atoms with Gasteiger partial charge in [-0.25, -0.2) is 0 Å². The zero-order valence-corrected chi connectivity index (χ0v) is 39.5. The van der Waals surface area contributed by atoms with Crippen molar-refractivity contribution in [1.29, 1.82) is 0 Å². The number of carbonyl (C=O) groups is 2. The molecule has 6 heteroatoms. The maximum atomic E-state index is 13.2. The smallest absolute Gasteiger partial charge is 0.306 e. The van der Waals surface area contributed by atoms with Crippen molar-refractivity contribution in [2.45, 2.75) is 315 Å². The first-order valence-electron chi connectivity index (χ1n) is 26.3. The van der Waals surface area contributed by atoms with Crippen LogP contribution in [0.5, 0.6) is 0 Å². The van der Waals surface area contributed by atoms with Crippen molar-refractivity contribution in [1.82, 2.24) is 5.32 Å². The van der Waals surface area contributed by atoms with E-state index < -0.39 is 18.2 Å². The van der Waals surface area contributed by atoms with E-state index in [1.165, 1.54) is 212 Å². The molecule has 1 amide bonds. The van der Waals surface area contributed by atoms with Crippen molar-refractivity contribution in [3.05, 3.63) is 0 Å². The van der Waals surface area contributed by atoms with Gasteiger partial charge in [0.25, 0.3) is 0 Å². The number of aliphatic hydroxyl groups is 2. The SMILES string of the molecule is CCCCCCCCCCCCCCCCCCCCC(=O)OC(CCCCCCCCCCCCCC)CC(=O)NC(CO)C(O)CCCCCCCCCCC. The molecule has 3 unspecified atom stereocenters. The van der Waals surface area contributed by atoms with E-state index in [0.717, 1.165) is 38.5 Å².